The van der Waals surface area contributed by atoms with Gasteiger partial charge in [0.15, 0.2) is 0 Å². The van der Waals surface area contributed by atoms with E-state index in [1.54, 1.807) is 54.6 Å². The third-order valence-corrected chi connectivity index (χ3v) is 6.91. The number of hydrogen-bond donors (Lipinski definition) is 5. The summed E-state index contributed by atoms with van der Waals surface area (Å²) in [6, 6.07) is 12.7. The van der Waals surface area contributed by atoms with Gasteiger partial charge in [0, 0.05) is 22.3 Å². The van der Waals surface area contributed by atoms with Crippen LogP contribution in [0.4, 0.5) is 10.5 Å². The Labute approximate surface area is 238 Å². The number of carboxylic acid groups (broad SMARTS) is 1. The molecule has 0 saturated carbocycles. The number of carbonyl (C=O) groups is 2. The van der Waals surface area contributed by atoms with Crippen LogP contribution in [-0.2, 0) is 4.79 Å². The maximum atomic E-state index is 13.2. The number of aromatic amines is 1. The van der Waals surface area contributed by atoms with E-state index in [0.717, 1.165) is 19.5 Å². The summed E-state index contributed by atoms with van der Waals surface area (Å²) in [7, 11) is 0. The smallest absolute Gasteiger partial charge is 0.409 e. The molecule has 1 fully saturated rings. The molecule has 2 atom stereocenters. The van der Waals surface area contributed by atoms with E-state index in [9.17, 15) is 14.4 Å². The number of benzene rings is 2. The molecule has 41 heavy (non-hydrogen) atoms. The molecule has 2 aromatic carbocycles. The molecule has 4 aromatic rings. The normalized spacial score (nSPS) is 15.6. The Bertz CT molecular complexity index is 1610. The van der Waals surface area contributed by atoms with E-state index in [0.29, 0.717) is 51.1 Å². The summed E-state index contributed by atoms with van der Waals surface area (Å²) in [6.07, 6.45) is 4.86. The highest BCUT2D eigenvalue weighted by Crippen LogP contribution is 2.27. The summed E-state index contributed by atoms with van der Waals surface area (Å²) in [4.78, 5) is 36.7. The molecule has 3 heterocycles. The van der Waals surface area contributed by atoms with Crippen LogP contribution in [0.2, 0.25) is 5.02 Å². The summed E-state index contributed by atoms with van der Waals surface area (Å²) in [5.41, 5.74) is 2.68. The third-order valence-electron chi connectivity index (χ3n) is 6.68. The first-order valence-corrected chi connectivity index (χ1v) is 13.2. The van der Waals surface area contributed by atoms with Gasteiger partial charge in [-0.15, -0.1) is 5.10 Å². The third kappa shape index (κ3) is 7.01. The predicted molar refractivity (Wildman–Crippen MR) is 152 cm³/mol. The van der Waals surface area contributed by atoms with Gasteiger partial charge in [0.25, 0.3) is 5.56 Å². The fourth-order valence-corrected chi connectivity index (χ4v) is 4.88. The van der Waals surface area contributed by atoms with Crippen molar-refractivity contribution in [1.29, 1.82) is 0 Å². The number of amides is 2. The lowest BCUT2D eigenvalue weighted by molar-refractivity contribution is -0.117. The molecule has 210 valence electrons. The summed E-state index contributed by atoms with van der Waals surface area (Å²) < 4.78 is 1.47. The molecule has 0 spiro atoms. The molecular formula is C27H26ClN9O4. The van der Waals surface area contributed by atoms with E-state index in [4.69, 9.17) is 16.7 Å². The molecule has 2 aromatic heterocycles. The van der Waals surface area contributed by atoms with Crippen molar-refractivity contribution in [1.82, 2.24) is 41.0 Å². The number of rotatable bonds is 9. The summed E-state index contributed by atoms with van der Waals surface area (Å²) in [5.74, 6) is -0.0515. The maximum absolute atomic E-state index is 13.2. The van der Waals surface area contributed by atoms with Crippen molar-refractivity contribution in [3.05, 3.63) is 87.6 Å². The van der Waals surface area contributed by atoms with Crippen molar-refractivity contribution < 1.29 is 14.7 Å². The van der Waals surface area contributed by atoms with E-state index in [-0.39, 0.29) is 5.91 Å². The lowest BCUT2D eigenvalue weighted by Crippen LogP contribution is -2.31. The summed E-state index contributed by atoms with van der Waals surface area (Å²) >= 11 is 6.19. The van der Waals surface area contributed by atoms with Crippen LogP contribution in [0.3, 0.4) is 0 Å². The molecule has 5 N–H and O–H groups in total. The minimum atomic E-state index is -1.18. The topological polar surface area (TPSA) is 180 Å². The quantitative estimate of drug-likeness (QED) is 0.187. The highest BCUT2D eigenvalue weighted by molar-refractivity contribution is 6.30. The van der Waals surface area contributed by atoms with E-state index in [2.05, 4.69) is 41.7 Å². The second-order valence-electron chi connectivity index (χ2n) is 9.49. The average Bonchev–Trinajstić information content (AvgIpc) is 3.67. The minimum Gasteiger partial charge on any atom is -0.465 e. The summed E-state index contributed by atoms with van der Waals surface area (Å²) in [6.45, 7) is 1.70. The molecule has 1 saturated heterocycles. The van der Waals surface area contributed by atoms with Gasteiger partial charge in [-0.25, -0.2) is 9.89 Å². The number of H-pyrrole nitrogens is 1. The Morgan fingerprint density at radius 3 is 2.73 bits per heavy atom. The Hall–Kier alpha value is -4.88. The highest BCUT2D eigenvalue weighted by Gasteiger charge is 2.24. The van der Waals surface area contributed by atoms with Gasteiger partial charge < -0.3 is 15.7 Å². The van der Waals surface area contributed by atoms with Crippen LogP contribution >= 0.6 is 11.6 Å². The van der Waals surface area contributed by atoms with Gasteiger partial charge in [-0.1, -0.05) is 23.7 Å². The van der Waals surface area contributed by atoms with Crippen molar-refractivity contribution >= 4 is 35.4 Å². The van der Waals surface area contributed by atoms with Crippen molar-refractivity contribution in [2.45, 2.75) is 18.9 Å². The van der Waals surface area contributed by atoms with Crippen molar-refractivity contribution in [2.75, 3.05) is 18.4 Å². The SMILES string of the molecule is O=C(O)Nc1ccc(-c2cc([C@H](CC3CCNC3)NC(=O)C=Cc3cc(Cl)ccc3-n3cnnn3)n[nH]c2=O)cc1. The lowest BCUT2D eigenvalue weighted by atomic mass is 9.95. The van der Waals surface area contributed by atoms with E-state index < -0.39 is 17.7 Å². The number of nitrogens with zero attached hydrogens (tertiary/aromatic N) is 5. The Balaban J connectivity index is 1.40. The van der Waals surface area contributed by atoms with Crippen LogP contribution in [0.5, 0.6) is 0 Å². The molecule has 0 bridgehead atoms. The van der Waals surface area contributed by atoms with Crippen LogP contribution < -0.4 is 21.5 Å². The van der Waals surface area contributed by atoms with Gasteiger partial charge in [0.2, 0.25) is 5.91 Å². The molecule has 1 aliphatic heterocycles. The zero-order valence-electron chi connectivity index (χ0n) is 21.6. The van der Waals surface area contributed by atoms with E-state index in [1.165, 1.54) is 17.1 Å². The van der Waals surface area contributed by atoms with Crippen LogP contribution in [0.1, 0.15) is 30.1 Å². The minimum absolute atomic E-state index is 0.308. The largest absolute Gasteiger partial charge is 0.465 e. The predicted octanol–water partition coefficient (Wildman–Crippen LogP) is 3.03. The number of hydrogen-bond acceptors (Lipinski definition) is 8. The summed E-state index contributed by atoms with van der Waals surface area (Å²) in [5, 5.41) is 36.1. The van der Waals surface area contributed by atoms with Crippen LogP contribution in [0.25, 0.3) is 22.9 Å². The molecule has 2 amide bonds. The van der Waals surface area contributed by atoms with Crippen molar-refractivity contribution in [3.63, 3.8) is 0 Å². The van der Waals surface area contributed by atoms with E-state index >= 15 is 0 Å². The molecule has 0 radical (unpaired) electrons. The molecular weight excluding hydrogens is 550 g/mol. The Kier molecular flexibility index (Phi) is 8.46. The first kappa shape index (κ1) is 27.7. The molecule has 5 rings (SSSR count). The molecule has 1 aliphatic rings. The first-order chi connectivity index (χ1) is 19.9. The van der Waals surface area contributed by atoms with Crippen molar-refractivity contribution in [2.24, 2.45) is 5.92 Å². The highest BCUT2D eigenvalue weighted by atomic mass is 35.5. The maximum Gasteiger partial charge on any atom is 0.409 e. The fraction of sp³-hybridized carbons (Fsp3) is 0.222. The number of carbonyl (C=O) groups excluding carboxylic acids is 1. The van der Waals surface area contributed by atoms with E-state index in [1.807, 2.05) is 0 Å². The number of tetrazole rings is 1. The van der Waals surface area contributed by atoms with Crippen LogP contribution in [-0.4, -0.2) is 60.6 Å². The zero-order chi connectivity index (χ0) is 28.8. The van der Waals surface area contributed by atoms with Gasteiger partial charge >= 0.3 is 6.09 Å². The number of aromatic nitrogens is 6. The van der Waals surface area contributed by atoms with Gasteiger partial charge in [-0.3, -0.25) is 14.9 Å². The molecule has 14 heteroatoms. The van der Waals surface area contributed by atoms with Gasteiger partial charge in [-0.2, -0.15) is 9.78 Å². The van der Waals surface area contributed by atoms with Crippen LogP contribution in [0, 0.1) is 5.92 Å². The first-order valence-electron chi connectivity index (χ1n) is 12.8. The molecule has 1 unspecified atom stereocenters. The number of anilines is 1. The average molecular weight is 576 g/mol. The second-order valence-corrected chi connectivity index (χ2v) is 9.93. The Morgan fingerprint density at radius 2 is 2.02 bits per heavy atom. The molecule has 0 aliphatic carbocycles. The second kappa shape index (κ2) is 12.5. The van der Waals surface area contributed by atoms with Crippen LogP contribution in [0.15, 0.2) is 65.7 Å². The van der Waals surface area contributed by atoms with Crippen molar-refractivity contribution in [3.8, 4) is 16.8 Å². The standard InChI is InChI=1S/C27H26ClN9O4/c28-19-4-7-24(37-15-30-35-36-37)18(12-19)3-8-25(38)32-22(11-16-9-10-29-14-16)23-13-21(26(39)34-33-23)17-1-5-20(6-2-17)31-27(40)41/h1-8,12-13,15-16,22,29,31H,9-11,14H2,(H,32,38)(H,34,39)(H,40,41)/t16?,22-/m0/s1. The van der Waals surface area contributed by atoms with Gasteiger partial charge in [-0.05, 0) is 90.3 Å². The molecule has 13 nitrogen and oxygen atoms in total. The van der Waals surface area contributed by atoms with Gasteiger partial charge in [0.05, 0.1) is 23.0 Å². The van der Waals surface area contributed by atoms with Gasteiger partial charge in [0.1, 0.15) is 6.33 Å². The number of nitrogens with one attached hydrogen (secondary N) is 4. The number of halogens is 1. The fourth-order valence-electron chi connectivity index (χ4n) is 4.70. The Morgan fingerprint density at radius 1 is 1.20 bits per heavy atom. The zero-order valence-corrected chi connectivity index (χ0v) is 22.4. The lowest BCUT2D eigenvalue weighted by Gasteiger charge is -2.21. The monoisotopic (exact) mass is 575 g/mol.